The van der Waals surface area contributed by atoms with Gasteiger partial charge in [-0.15, -0.1) is 0 Å². The fourth-order valence-electron chi connectivity index (χ4n) is 3.65. The Hall–Kier alpha value is -3.67. The molecular weight excluding hydrogens is 434 g/mol. The number of phenols is 1. The van der Waals surface area contributed by atoms with Crippen LogP contribution in [0.4, 0.5) is 0 Å². The first-order chi connectivity index (χ1) is 16.0. The van der Waals surface area contributed by atoms with Crippen molar-refractivity contribution in [2.24, 2.45) is 5.10 Å². The second-order valence-corrected chi connectivity index (χ2v) is 8.15. The molecule has 0 spiro atoms. The Morgan fingerprint density at radius 1 is 1.00 bits per heavy atom. The van der Waals surface area contributed by atoms with E-state index in [1.807, 2.05) is 42.5 Å². The number of hydrogen-bond acceptors (Lipinski definition) is 4. The van der Waals surface area contributed by atoms with E-state index in [1.54, 1.807) is 6.21 Å². The van der Waals surface area contributed by atoms with E-state index in [-0.39, 0.29) is 16.8 Å². The van der Waals surface area contributed by atoms with Crippen molar-refractivity contribution in [1.82, 2.24) is 10.7 Å². The summed E-state index contributed by atoms with van der Waals surface area (Å²) in [6.07, 6.45) is 1.63. The van der Waals surface area contributed by atoms with Crippen LogP contribution in [0.3, 0.4) is 0 Å². The maximum absolute atomic E-state index is 12.3. The van der Waals surface area contributed by atoms with Crippen LogP contribution in [0.2, 0.25) is 5.02 Å². The van der Waals surface area contributed by atoms with Gasteiger partial charge in [-0.3, -0.25) is 4.79 Å². The average molecular weight is 458 g/mol. The van der Waals surface area contributed by atoms with E-state index < -0.39 is 5.91 Å². The van der Waals surface area contributed by atoms with Crippen LogP contribution in [-0.2, 0) is 6.54 Å². The van der Waals surface area contributed by atoms with Crippen LogP contribution in [0.5, 0.6) is 5.75 Å². The van der Waals surface area contributed by atoms with Crippen molar-refractivity contribution in [2.45, 2.75) is 19.5 Å². The predicted molar refractivity (Wildman–Crippen MR) is 134 cm³/mol. The molecule has 4 aromatic carbocycles. The first-order valence-electron chi connectivity index (χ1n) is 10.6. The molecule has 0 saturated heterocycles. The van der Waals surface area contributed by atoms with Crippen molar-refractivity contribution in [3.05, 3.63) is 112 Å². The van der Waals surface area contributed by atoms with E-state index in [9.17, 15) is 9.90 Å². The highest BCUT2D eigenvalue weighted by atomic mass is 35.5. The van der Waals surface area contributed by atoms with Crippen molar-refractivity contribution in [1.29, 1.82) is 0 Å². The highest BCUT2D eigenvalue weighted by Gasteiger charge is 2.09. The molecule has 0 bridgehead atoms. The van der Waals surface area contributed by atoms with Crippen LogP contribution >= 0.6 is 11.6 Å². The van der Waals surface area contributed by atoms with Crippen molar-refractivity contribution in [3.63, 3.8) is 0 Å². The number of carbonyl (C=O) groups is 1. The lowest BCUT2D eigenvalue weighted by Crippen LogP contribution is -2.18. The summed E-state index contributed by atoms with van der Waals surface area (Å²) in [4.78, 5) is 12.3. The normalized spacial score (nSPS) is 12.2. The fraction of sp³-hybridized carbons (Fsp3) is 0.111. The van der Waals surface area contributed by atoms with Crippen LogP contribution < -0.4 is 10.7 Å². The number of halogens is 1. The minimum absolute atomic E-state index is 0.0732. The second-order valence-electron chi connectivity index (χ2n) is 7.74. The first kappa shape index (κ1) is 22.5. The second kappa shape index (κ2) is 10.3. The quantitative estimate of drug-likeness (QED) is 0.242. The van der Waals surface area contributed by atoms with E-state index in [2.05, 4.69) is 47.0 Å². The number of nitrogens with one attached hydrogen (secondary N) is 2. The van der Waals surface area contributed by atoms with Gasteiger partial charge >= 0.3 is 0 Å². The molecule has 166 valence electrons. The van der Waals surface area contributed by atoms with Gasteiger partial charge in [0.25, 0.3) is 5.91 Å². The highest BCUT2D eigenvalue weighted by Crippen LogP contribution is 2.24. The topological polar surface area (TPSA) is 73.7 Å². The number of hydrazone groups is 1. The van der Waals surface area contributed by atoms with Gasteiger partial charge in [-0.1, -0.05) is 78.3 Å². The van der Waals surface area contributed by atoms with Crippen molar-refractivity contribution in [3.8, 4) is 5.75 Å². The Morgan fingerprint density at radius 2 is 1.73 bits per heavy atom. The lowest BCUT2D eigenvalue weighted by molar-refractivity contribution is 0.0955. The average Bonchev–Trinajstić information content (AvgIpc) is 2.85. The summed E-state index contributed by atoms with van der Waals surface area (Å²) in [5.74, 6) is -0.482. The van der Waals surface area contributed by atoms with E-state index in [0.29, 0.717) is 5.56 Å². The van der Waals surface area contributed by atoms with E-state index >= 15 is 0 Å². The molecule has 0 aliphatic rings. The molecule has 0 heterocycles. The smallest absolute Gasteiger partial charge is 0.271 e. The van der Waals surface area contributed by atoms with Gasteiger partial charge in [0.05, 0.1) is 11.2 Å². The standard InChI is InChI=1S/C27H24ClN3O2/c1-18(19-7-3-2-4-8-19)29-16-21-11-12-22(24-10-6-5-9-23(21)24)17-30-31-27(33)20-13-14-26(32)25(28)15-20/h2-15,17-18,29,32H,16H2,1H3,(H,31,33). The van der Waals surface area contributed by atoms with Gasteiger partial charge < -0.3 is 10.4 Å². The molecule has 33 heavy (non-hydrogen) atoms. The van der Waals surface area contributed by atoms with Gasteiger partial charge in [-0.05, 0) is 47.0 Å². The molecule has 0 aromatic heterocycles. The fourth-order valence-corrected chi connectivity index (χ4v) is 3.83. The molecule has 1 amide bonds. The molecule has 1 atom stereocenters. The Bertz CT molecular complexity index is 1310. The number of amides is 1. The largest absolute Gasteiger partial charge is 0.506 e. The molecule has 5 nitrogen and oxygen atoms in total. The minimum Gasteiger partial charge on any atom is -0.506 e. The Morgan fingerprint density at radius 3 is 2.48 bits per heavy atom. The van der Waals surface area contributed by atoms with Crippen LogP contribution in [-0.4, -0.2) is 17.2 Å². The van der Waals surface area contributed by atoms with Gasteiger partial charge in [-0.2, -0.15) is 5.10 Å². The monoisotopic (exact) mass is 457 g/mol. The van der Waals surface area contributed by atoms with Crippen molar-refractivity contribution in [2.75, 3.05) is 0 Å². The molecule has 4 rings (SSSR count). The molecule has 1 unspecified atom stereocenters. The summed E-state index contributed by atoms with van der Waals surface area (Å²) in [5.41, 5.74) is 6.16. The third-order valence-corrected chi connectivity index (χ3v) is 5.83. The number of nitrogens with zero attached hydrogens (tertiary/aromatic N) is 1. The summed E-state index contributed by atoms with van der Waals surface area (Å²) in [5, 5.41) is 19.5. The van der Waals surface area contributed by atoms with Crippen molar-refractivity contribution < 1.29 is 9.90 Å². The predicted octanol–water partition coefficient (Wildman–Crippen LogP) is 5.81. The number of hydrogen-bond donors (Lipinski definition) is 3. The first-order valence-corrected chi connectivity index (χ1v) is 11.0. The molecule has 3 N–H and O–H groups in total. The third kappa shape index (κ3) is 5.40. The zero-order chi connectivity index (χ0) is 23.2. The highest BCUT2D eigenvalue weighted by molar-refractivity contribution is 6.32. The molecule has 4 aromatic rings. The molecule has 0 saturated carbocycles. The van der Waals surface area contributed by atoms with E-state index in [1.165, 1.54) is 29.3 Å². The van der Waals surface area contributed by atoms with E-state index in [0.717, 1.165) is 22.9 Å². The zero-order valence-corrected chi connectivity index (χ0v) is 18.9. The van der Waals surface area contributed by atoms with Crippen LogP contribution in [0, 0.1) is 0 Å². The molecule has 6 heteroatoms. The number of benzene rings is 4. The summed E-state index contributed by atoms with van der Waals surface area (Å²) in [7, 11) is 0. The molecule has 0 aliphatic heterocycles. The van der Waals surface area contributed by atoms with Crippen LogP contribution in [0.25, 0.3) is 10.8 Å². The van der Waals surface area contributed by atoms with Crippen LogP contribution in [0.1, 0.15) is 40.0 Å². The Balaban J connectivity index is 1.49. The number of phenolic OH excluding ortho intramolecular Hbond substituents is 1. The van der Waals surface area contributed by atoms with Gasteiger partial charge in [0, 0.05) is 23.7 Å². The number of fused-ring (bicyclic) bond motifs is 1. The van der Waals surface area contributed by atoms with E-state index in [4.69, 9.17) is 11.6 Å². The SMILES string of the molecule is CC(NCc1ccc(C=NNC(=O)c2ccc(O)c(Cl)c2)c2ccccc12)c1ccccc1. The summed E-state index contributed by atoms with van der Waals surface area (Å²) >= 11 is 5.87. The summed E-state index contributed by atoms with van der Waals surface area (Å²) in [6.45, 7) is 2.88. The van der Waals surface area contributed by atoms with Gasteiger partial charge in [-0.25, -0.2) is 5.43 Å². The Labute approximate surface area is 197 Å². The zero-order valence-electron chi connectivity index (χ0n) is 18.1. The lowest BCUT2D eigenvalue weighted by atomic mass is 9.99. The third-order valence-electron chi connectivity index (χ3n) is 5.53. The molecule has 0 radical (unpaired) electrons. The summed E-state index contributed by atoms with van der Waals surface area (Å²) in [6, 6.07) is 27.1. The molecule has 0 fully saturated rings. The number of aromatic hydroxyl groups is 1. The Kier molecular flexibility index (Phi) is 7.03. The maximum Gasteiger partial charge on any atom is 0.271 e. The summed E-state index contributed by atoms with van der Waals surface area (Å²) < 4.78 is 0. The maximum atomic E-state index is 12.3. The lowest BCUT2D eigenvalue weighted by Gasteiger charge is -2.16. The van der Waals surface area contributed by atoms with Gasteiger partial charge in [0.2, 0.25) is 0 Å². The number of rotatable bonds is 7. The molecular formula is C27H24ClN3O2. The number of carbonyl (C=O) groups excluding carboxylic acids is 1. The minimum atomic E-state index is -0.409. The van der Waals surface area contributed by atoms with Gasteiger partial charge in [0.1, 0.15) is 5.75 Å². The van der Waals surface area contributed by atoms with Gasteiger partial charge in [0.15, 0.2) is 0 Å². The molecule has 0 aliphatic carbocycles. The van der Waals surface area contributed by atoms with Crippen molar-refractivity contribution >= 4 is 34.5 Å². The van der Waals surface area contributed by atoms with Crippen LogP contribution in [0.15, 0.2) is 90.0 Å².